The van der Waals surface area contributed by atoms with Crippen LogP contribution in [0.3, 0.4) is 0 Å². The molecule has 5 nitrogen and oxygen atoms in total. The minimum Gasteiger partial charge on any atom is -0.321 e. The fourth-order valence-electron chi connectivity index (χ4n) is 3.49. The zero-order valence-electron chi connectivity index (χ0n) is 15.6. The number of amides is 1. The Balaban J connectivity index is 1.56. The van der Waals surface area contributed by atoms with Crippen molar-refractivity contribution < 1.29 is 9.78 Å². The van der Waals surface area contributed by atoms with Gasteiger partial charge in [-0.1, -0.05) is 24.3 Å². The first-order valence-corrected chi connectivity index (χ1v) is 11.3. The van der Waals surface area contributed by atoms with Crippen LogP contribution in [0.25, 0.3) is 16.3 Å². The molecule has 1 aliphatic rings. The van der Waals surface area contributed by atoms with E-state index in [0.717, 1.165) is 27.4 Å². The number of thioether (sulfide) groups is 1. The molecule has 3 aromatic heterocycles. The molecule has 5 rings (SSSR count). The van der Waals surface area contributed by atoms with E-state index in [9.17, 15) is 4.79 Å². The second kappa shape index (κ2) is 7.85. The molecular formula is C22H19N4OS2+. The van der Waals surface area contributed by atoms with E-state index >= 15 is 0 Å². The topological polar surface area (TPSA) is 52.3 Å². The first kappa shape index (κ1) is 18.1. The van der Waals surface area contributed by atoms with Crippen molar-refractivity contribution >= 4 is 29.0 Å². The summed E-state index contributed by atoms with van der Waals surface area (Å²) in [6.45, 7) is 0.578. The Morgan fingerprint density at radius 2 is 2.00 bits per heavy atom. The van der Waals surface area contributed by atoms with Crippen molar-refractivity contribution in [1.29, 1.82) is 0 Å². The van der Waals surface area contributed by atoms with Crippen LogP contribution in [0.5, 0.6) is 0 Å². The molecule has 1 aliphatic heterocycles. The molecule has 144 valence electrons. The van der Waals surface area contributed by atoms with Crippen LogP contribution in [0.4, 0.5) is 0 Å². The van der Waals surface area contributed by atoms with Crippen molar-refractivity contribution in [2.75, 3.05) is 5.75 Å². The van der Waals surface area contributed by atoms with E-state index in [4.69, 9.17) is 5.10 Å². The molecule has 0 bridgehead atoms. The van der Waals surface area contributed by atoms with Gasteiger partial charge >= 0.3 is 0 Å². The molecule has 0 spiro atoms. The van der Waals surface area contributed by atoms with Gasteiger partial charge in [0, 0.05) is 23.4 Å². The minimum atomic E-state index is -0.0581. The second-order valence-electron chi connectivity index (χ2n) is 6.79. The van der Waals surface area contributed by atoms with Crippen LogP contribution < -0.4 is 4.98 Å². The van der Waals surface area contributed by atoms with E-state index in [2.05, 4.69) is 22.6 Å². The summed E-state index contributed by atoms with van der Waals surface area (Å²) in [6, 6.07) is 18.2. The third kappa shape index (κ3) is 3.59. The monoisotopic (exact) mass is 419 g/mol. The highest BCUT2D eigenvalue weighted by Gasteiger charge is 2.36. The molecule has 0 radical (unpaired) electrons. The number of aromatic amines is 1. The van der Waals surface area contributed by atoms with Gasteiger partial charge in [0.1, 0.15) is 11.1 Å². The average Bonchev–Trinajstić information content (AvgIpc) is 3.50. The lowest BCUT2D eigenvalue weighted by Crippen LogP contribution is -2.28. The van der Waals surface area contributed by atoms with Gasteiger partial charge in [-0.3, -0.25) is 4.79 Å². The number of carbonyl (C=O) groups excluding carboxylic acids is 1. The minimum absolute atomic E-state index is 0.0581. The molecule has 1 fully saturated rings. The number of pyridine rings is 1. The Kier molecular flexibility index (Phi) is 4.91. The number of aromatic nitrogens is 3. The Morgan fingerprint density at radius 1 is 1.10 bits per heavy atom. The third-order valence-corrected chi connectivity index (χ3v) is 6.99. The maximum atomic E-state index is 12.7. The fourth-order valence-corrected chi connectivity index (χ4v) is 5.42. The van der Waals surface area contributed by atoms with Crippen LogP contribution in [0.2, 0.25) is 0 Å². The fraction of sp³-hybridized carbons (Fsp3) is 0.136. The number of nitrogens with zero attached hydrogens (tertiary/aromatic N) is 3. The van der Waals surface area contributed by atoms with E-state index in [-0.39, 0.29) is 11.3 Å². The molecule has 1 atom stereocenters. The Bertz CT molecular complexity index is 1110. The number of carbonyl (C=O) groups is 1. The van der Waals surface area contributed by atoms with E-state index in [1.807, 2.05) is 70.5 Å². The van der Waals surface area contributed by atoms with Crippen molar-refractivity contribution in [1.82, 2.24) is 14.7 Å². The van der Waals surface area contributed by atoms with Crippen molar-refractivity contribution in [3.8, 4) is 16.3 Å². The lowest BCUT2D eigenvalue weighted by molar-refractivity contribution is -0.378. The Hall–Kier alpha value is -2.90. The van der Waals surface area contributed by atoms with E-state index in [0.29, 0.717) is 12.3 Å². The SMILES string of the molecule is O=C1CSC(c2cn(-c3ccccc3)nc2-c2cccs2)N1Cc1ccc[nH+]c1. The van der Waals surface area contributed by atoms with Gasteiger partial charge in [0.15, 0.2) is 12.4 Å². The van der Waals surface area contributed by atoms with Gasteiger partial charge in [-0.15, -0.1) is 23.1 Å². The first-order valence-electron chi connectivity index (χ1n) is 9.34. The van der Waals surface area contributed by atoms with Crippen molar-refractivity contribution in [3.05, 3.63) is 89.7 Å². The molecule has 1 N–H and O–H groups in total. The number of para-hydroxylation sites is 1. The lowest BCUT2D eigenvalue weighted by atomic mass is 10.2. The quantitative estimate of drug-likeness (QED) is 0.487. The van der Waals surface area contributed by atoms with Crippen LogP contribution in [0, 0.1) is 0 Å². The number of H-pyrrole nitrogens is 1. The summed E-state index contributed by atoms with van der Waals surface area (Å²) >= 11 is 3.34. The van der Waals surface area contributed by atoms with Crippen LogP contribution in [-0.2, 0) is 11.3 Å². The van der Waals surface area contributed by atoms with Crippen molar-refractivity contribution in [2.24, 2.45) is 0 Å². The highest BCUT2D eigenvalue weighted by Crippen LogP contribution is 2.44. The summed E-state index contributed by atoms with van der Waals surface area (Å²) in [5.41, 5.74) is 4.12. The number of benzene rings is 1. The summed E-state index contributed by atoms with van der Waals surface area (Å²) in [4.78, 5) is 18.9. The van der Waals surface area contributed by atoms with Crippen LogP contribution in [-0.4, -0.2) is 26.3 Å². The summed E-state index contributed by atoms with van der Waals surface area (Å²) in [6.07, 6.45) is 5.89. The predicted octanol–water partition coefficient (Wildman–Crippen LogP) is 4.19. The molecule has 4 heterocycles. The number of hydrogen-bond acceptors (Lipinski definition) is 4. The Labute approximate surface area is 177 Å². The maximum absolute atomic E-state index is 12.7. The van der Waals surface area contributed by atoms with Gasteiger partial charge in [-0.25, -0.2) is 9.67 Å². The summed E-state index contributed by atoms with van der Waals surface area (Å²) in [5.74, 6) is 0.648. The van der Waals surface area contributed by atoms with Gasteiger partial charge in [0.2, 0.25) is 5.91 Å². The van der Waals surface area contributed by atoms with Crippen molar-refractivity contribution in [2.45, 2.75) is 11.9 Å². The summed E-state index contributed by atoms with van der Waals surface area (Å²) < 4.78 is 1.92. The lowest BCUT2D eigenvalue weighted by Gasteiger charge is -2.23. The molecule has 1 aromatic carbocycles. The normalized spacial score (nSPS) is 16.5. The molecule has 1 unspecified atom stereocenters. The highest BCUT2D eigenvalue weighted by atomic mass is 32.2. The van der Waals surface area contributed by atoms with Gasteiger partial charge in [-0.2, -0.15) is 5.10 Å². The number of rotatable bonds is 5. The molecule has 7 heteroatoms. The molecule has 1 amide bonds. The number of nitrogens with one attached hydrogen (secondary N) is 1. The molecule has 4 aromatic rings. The van der Waals surface area contributed by atoms with Crippen molar-refractivity contribution in [3.63, 3.8) is 0 Å². The van der Waals surface area contributed by atoms with Gasteiger partial charge in [0.05, 0.1) is 22.9 Å². The second-order valence-corrected chi connectivity index (χ2v) is 8.80. The largest absolute Gasteiger partial charge is 0.321 e. The zero-order chi connectivity index (χ0) is 19.6. The Morgan fingerprint density at radius 3 is 2.76 bits per heavy atom. The number of thiophene rings is 1. The van der Waals surface area contributed by atoms with Gasteiger partial charge < -0.3 is 4.90 Å². The average molecular weight is 420 g/mol. The first-order chi connectivity index (χ1) is 14.3. The maximum Gasteiger partial charge on any atom is 0.234 e. The van der Waals surface area contributed by atoms with Gasteiger partial charge in [-0.05, 0) is 29.6 Å². The zero-order valence-corrected chi connectivity index (χ0v) is 17.2. The smallest absolute Gasteiger partial charge is 0.234 e. The predicted molar refractivity (Wildman–Crippen MR) is 116 cm³/mol. The molecular weight excluding hydrogens is 400 g/mol. The number of hydrogen-bond donors (Lipinski definition) is 0. The van der Waals surface area contributed by atoms with E-state index in [1.165, 1.54) is 0 Å². The summed E-state index contributed by atoms with van der Waals surface area (Å²) in [7, 11) is 0. The van der Waals surface area contributed by atoms with Gasteiger partial charge in [0.25, 0.3) is 0 Å². The van der Waals surface area contributed by atoms with E-state index in [1.54, 1.807) is 23.1 Å². The summed E-state index contributed by atoms with van der Waals surface area (Å²) in [5, 5.41) is 6.91. The molecule has 1 saturated heterocycles. The van der Waals surface area contributed by atoms with Crippen LogP contribution in [0.15, 0.2) is 78.6 Å². The molecule has 0 aliphatic carbocycles. The standard InChI is InChI=1S/C22H18N4OS2/c27-20-15-29-22(25(20)13-16-6-4-10-23-12-16)18-14-26(17-7-2-1-3-8-17)24-21(18)19-9-5-11-28-19/h1-12,14,22H,13,15H2/p+1. The highest BCUT2D eigenvalue weighted by molar-refractivity contribution is 8.00. The van der Waals surface area contributed by atoms with Crippen LogP contribution in [0.1, 0.15) is 16.5 Å². The van der Waals surface area contributed by atoms with E-state index < -0.39 is 0 Å². The van der Waals surface area contributed by atoms with Crippen LogP contribution >= 0.6 is 23.1 Å². The molecule has 0 saturated carbocycles. The molecule has 29 heavy (non-hydrogen) atoms. The third-order valence-electron chi connectivity index (χ3n) is 4.88.